The Morgan fingerprint density at radius 3 is 2.81 bits per heavy atom. The quantitative estimate of drug-likeness (QED) is 0.635. The van der Waals surface area contributed by atoms with E-state index in [1.807, 2.05) is 16.8 Å². The van der Waals surface area contributed by atoms with E-state index in [0.29, 0.717) is 17.8 Å². The third-order valence-corrected chi connectivity index (χ3v) is 3.74. The van der Waals surface area contributed by atoms with Gasteiger partial charge in [0.25, 0.3) is 11.6 Å². The number of hydrogen-bond acceptors (Lipinski definition) is 5. The number of benzene rings is 1. The molecule has 0 aliphatic carbocycles. The molecule has 0 unspecified atom stereocenters. The number of nitro benzene ring substituents is 1. The van der Waals surface area contributed by atoms with E-state index in [4.69, 9.17) is 0 Å². The lowest BCUT2D eigenvalue weighted by Gasteiger charge is -2.07. The van der Waals surface area contributed by atoms with Crippen LogP contribution in [-0.4, -0.2) is 24.4 Å². The van der Waals surface area contributed by atoms with Crippen molar-refractivity contribution in [3.63, 3.8) is 0 Å². The molecule has 1 amide bonds. The maximum absolute atomic E-state index is 12.0. The Labute approximate surface area is 126 Å². The second kappa shape index (κ2) is 6.85. The number of nitrogens with zero attached hydrogens (tertiary/aromatic N) is 1. The number of amides is 1. The monoisotopic (exact) mass is 305 g/mol. The fraction of sp³-hybridized carbons (Fsp3) is 0.214. The van der Waals surface area contributed by atoms with E-state index in [1.165, 1.54) is 23.8 Å². The second-order valence-electron chi connectivity index (χ2n) is 4.38. The minimum absolute atomic E-state index is 0.0488. The van der Waals surface area contributed by atoms with Crippen molar-refractivity contribution in [1.29, 1.82) is 0 Å². The highest BCUT2D eigenvalue weighted by Crippen LogP contribution is 2.24. The number of nitrogens with one attached hydrogen (secondary N) is 2. The maximum Gasteiger partial charge on any atom is 0.292 e. The lowest BCUT2D eigenvalue weighted by atomic mass is 10.1. The van der Waals surface area contributed by atoms with Crippen molar-refractivity contribution in [2.45, 2.75) is 6.42 Å². The molecule has 1 aromatic carbocycles. The van der Waals surface area contributed by atoms with Crippen LogP contribution in [0.5, 0.6) is 0 Å². The van der Waals surface area contributed by atoms with Gasteiger partial charge in [-0.3, -0.25) is 14.9 Å². The fourth-order valence-corrected chi connectivity index (χ4v) is 2.60. The molecule has 110 valence electrons. The molecular weight excluding hydrogens is 290 g/mol. The molecule has 0 atom stereocenters. The Hall–Kier alpha value is -2.41. The fourth-order valence-electron chi connectivity index (χ4n) is 1.89. The van der Waals surface area contributed by atoms with E-state index in [2.05, 4.69) is 10.6 Å². The maximum atomic E-state index is 12.0. The van der Waals surface area contributed by atoms with Gasteiger partial charge in [0, 0.05) is 25.2 Å². The molecule has 0 aliphatic rings. The van der Waals surface area contributed by atoms with Gasteiger partial charge >= 0.3 is 0 Å². The van der Waals surface area contributed by atoms with Gasteiger partial charge in [-0.1, -0.05) is 0 Å². The summed E-state index contributed by atoms with van der Waals surface area (Å²) in [6.45, 7) is 0.529. The number of carbonyl (C=O) groups excluding carboxylic acids is 1. The normalized spacial score (nSPS) is 10.1. The van der Waals surface area contributed by atoms with Gasteiger partial charge in [-0.05, 0) is 40.9 Å². The molecule has 1 aromatic heterocycles. The van der Waals surface area contributed by atoms with Crippen LogP contribution in [0.2, 0.25) is 0 Å². The van der Waals surface area contributed by atoms with E-state index in [0.717, 1.165) is 6.42 Å². The predicted molar refractivity (Wildman–Crippen MR) is 83.0 cm³/mol. The van der Waals surface area contributed by atoms with Gasteiger partial charge in [-0.15, -0.1) is 0 Å². The summed E-state index contributed by atoms with van der Waals surface area (Å²) in [5.41, 5.74) is 1.85. The number of hydrogen-bond donors (Lipinski definition) is 2. The highest BCUT2D eigenvalue weighted by atomic mass is 32.1. The second-order valence-corrected chi connectivity index (χ2v) is 5.16. The zero-order valence-corrected chi connectivity index (χ0v) is 12.3. The SMILES string of the molecule is CNc1cc(C(=O)NCCc2ccsc2)ccc1[N+](=O)[O-]. The van der Waals surface area contributed by atoms with E-state index in [9.17, 15) is 14.9 Å². The summed E-state index contributed by atoms with van der Waals surface area (Å²) in [4.78, 5) is 22.4. The molecule has 0 radical (unpaired) electrons. The third kappa shape index (κ3) is 3.79. The lowest BCUT2D eigenvalue weighted by molar-refractivity contribution is -0.383. The zero-order valence-electron chi connectivity index (χ0n) is 11.5. The molecule has 0 saturated heterocycles. The van der Waals surface area contributed by atoms with Crippen molar-refractivity contribution >= 4 is 28.6 Å². The van der Waals surface area contributed by atoms with E-state index in [-0.39, 0.29) is 11.6 Å². The smallest absolute Gasteiger partial charge is 0.292 e. The third-order valence-electron chi connectivity index (χ3n) is 3.00. The topological polar surface area (TPSA) is 84.3 Å². The number of rotatable bonds is 6. The Morgan fingerprint density at radius 2 is 2.19 bits per heavy atom. The first kappa shape index (κ1) is 15.0. The van der Waals surface area contributed by atoms with Gasteiger partial charge in [0.05, 0.1) is 4.92 Å². The average Bonchev–Trinajstić information content (AvgIpc) is 2.99. The number of carbonyl (C=O) groups is 1. The minimum Gasteiger partial charge on any atom is -0.383 e. The van der Waals surface area contributed by atoms with Gasteiger partial charge in [-0.2, -0.15) is 11.3 Å². The molecule has 1 heterocycles. The molecule has 7 heteroatoms. The summed E-state index contributed by atoms with van der Waals surface area (Å²) in [6, 6.07) is 6.29. The molecule has 0 aliphatic heterocycles. The van der Waals surface area contributed by atoms with E-state index >= 15 is 0 Å². The van der Waals surface area contributed by atoms with E-state index in [1.54, 1.807) is 18.4 Å². The summed E-state index contributed by atoms with van der Waals surface area (Å²) in [5, 5.41) is 20.4. The molecule has 2 N–H and O–H groups in total. The van der Waals surface area contributed by atoms with Gasteiger partial charge in [0.2, 0.25) is 0 Å². The minimum atomic E-state index is -0.482. The average molecular weight is 305 g/mol. The first-order valence-electron chi connectivity index (χ1n) is 6.37. The predicted octanol–water partition coefficient (Wildman–Crippen LogP) is 2.67. The van der Waals surface area contributed by atoms with E-state index < -0.39 is 4.92 Å². The van der Waals surface area contributed by atoms with Crippen LogP contribution in [0.25, 0.3) is 0 Å². The number of nitro groups is 1. The lowest BCUT2D eigenvalue weighted by Crippen LogP contribution is -2.25. The van der Waals surface area contributed by atoms with Crippen LogP contribution < -0.4 is 10.6 Å². The molecule has 2 aromatic rings. The molecular formula is C14H15N3O3S. The molecule has 2 rings (SSSR count). The van der Waals surface area contributed by atoms with Gasteiger partial charge in [0.15, 0.2) is 0 Å². The van der Waals surface area contributed by atoms with Crippen LogP contribution in [0, 0.1) is 10.1 Å². The number of thiophene rings is 1. The molecule has 6 nitrogen and oxygen atoms in total. The first-order chi connectivity index (χ1) is 10.1. The summed E-state index contributed by atoms with van der Waals surface area (Å²) >= 11 is 1.62. The highest BCUT2D eigenvalue weighted by Gasteiger charge is 2.15. The van der Waals surface area contributed by atoms with Crippen LogP contribution in [0.3, 0.4) is 0 Å². The molecule has 0 fully saturated rings. The summed E-state index contributed by atoms with van der Waals surface area (Å²) in [6.07, 6.45) is 0.765. The largest absolute Gasteiger partial charge is 0.383 e. The summed E-state index contributed by atoms with van der Waals surface area (Å²) in [5.74, 6) is -0.239. The van der Waals surface area contributed by atoms with Crippen molar-refractivity contribution in [1.82, 2.24) is 5.32 Å². The molecule has 0 saturated carbocycles. The van der Waals surface area contributed by atoms with Crippen molar-refractivity contribution in [2.75, 3.05) is 18.9 Å². The van der Waals surface area contributed by atoms with Crippen molar-refractivity contribution < 1.29 is 9.72 Å². The van der Waals surface area contributed by atoms with Crippen molar-refractivity contribution in [3.05, 3.63) is 56.3 Å². The van der Waals surface area contributed by atoms with Crippen LogP contribution in [0.15, 0.2) is 35.0 Å². The molecule has 21 heavy (non-hydrogen) atoms. The van der Waals surface area contributed by atoms with Crippen molar-refractivity contribution in [2.24, 2.45) is 0 Å². The highest BCUT2D eigenvalue weighted by molar-refractivity contribution is 7.07. The molecule has 0 bridgehead atoms. The van der Waals surface area contributed by atoms with Gasteiger partial charge in [0.1, 0.15) is 5.69 Å². The zero-order chi connectivity index (χ0) is 15.2. The van der Waals surface area contributed by atoms with Gasteiger partial charge < -0.3 is 10.6 Å². The van der Waals surface area contributed by atoms with Crippen LogP contribution in [0.4, 0.5) is 11.4 Å². The van der Waals surface area contributed by atoms with Crippen LogP contribution in [0.1, 0.15) is 15.9 Å². The number of anilines is 1. The Balaban J connectivity index is 2.00. The Bertz CT molecular complexity index is 641. The standard InChI is InChI=1S/C14H15N3O3S/c1-15-12-8-11(2-3-13(12)17(19)20)14(18)16-6-4-10-5-7-21-9-10/h2-3,5,7-9,15H,4,6H2,1H3,(H,16,18). The summed E-state index contributed by atoms with van der Waals surface area (Å²) < 4.78 is 0. The Kier molecular flexibility index (Phi) is 4.89. The van der Waals surface area contributed by atoms with Crippen LogP contribution >= 0.6 is 11.3 Å². The molecule has 0 spiro atoms. The Morgan fingerprint density at radius 1 is 1.38 bits per heavy atom. The van der Waals surface area contributed by atoms with Crippen LogP contribution in [-0.2, 0) is 6.42 Å². The summed E-state index contributed by atoms with van der Waals surface area (Å²) in [7, 11) is 1.58. The first-order valence-corrected chi connectivity index (χ1v) is 7.31. The van der Waals surface area contributed by atoms with Gasteiger partial charge in [-0.25, -0.2) is 0 Å². The van der Waals surface area contributed by atoms with Crippen molar-refractivity contribution in [3.8, 4) is 0 Å².